The maximum absolute atomic E-state index is 12.3. The molecule has 114 valence electrons. The lowest BCUT2D eigenvalue weighted by atomic mass is 10.1. The second-order valence-electron chi connectivity index (χ2n) is 5.09. The third-order valence-electron chi connectivity index (χ3n) is 3.26. The lowest BCUT2D eigenvalue weighted by Crippen LogP contribution is -2.35. The van der Waals surface area contributed by atoms with Crippen LogP contribution in [0.3, 0.4) is 0 Å². The molecule has 0 unspecified atom stereocenters. The molecule has 0 bridgehead atoms. The first-order valence-electron chi connectivity index (χ1n) is 6.76. The molecule has 0 aliphatic rings. The third-order valence-corrected chi connectivity index (χ3v) is 4.14. The van der Waals surface area contributed by atoms with Crippen LogP contribution in [0.2, 0.25) is 0 Å². The molecule has 0 spiro atoms. The SMILES string of the molecule is CCC(CC)NC(=O)c1cc(S(N)(=O)=O)cn1C(C)C. The zero-order valence-electron chi connectivity index (χ0n) is 12.4. The molecule has 1 aromatic heterocycles. The highest BCUT2D eigenvalue weighted by Gasteiger charge is 2.21. The fourth-order valence-corrected chi connectivity index (χ4v) is 2.51. The highest BCUT2D eigenvalue weighted by atomic mass is 32.2. The van der Waals surface area contributed by atoms with Crippen LogP contribution in [-0.2, 0) is 10.0 Å². The van der Waals surface area contributed by atoms with Gasteiger partial charge in [-0.05, 0) is 32.8 Å². The highest BCUT2D eigenvalue weighted by Crippen LogP contribution is 2.18. The predicted octanol–water partition coefficient (Wildman–Crippen LogP) is 1.63. The molecule has 1 aromatic rings. The molecule has 6 nitrogen and oxygen atoms in total. The van der Waals surface area contributed by atoms with Crippen LogP contribution in [0.5, 0.6) is 0 Å². The standard InChI is InChI=1S/C13H23N3O3S/c1-5-10(6-2)15-13(17)12-7-11(20(14,18)19)8-16(12)9(3)4/h7-10H,5-6H2,1-4H3,(H,15,17)(H2,14,18,19). The van der Waals surface area contributed by atoms with Crippen LogP contribution in [0.1, 0.15) is 57.1 Å². The zero-order valence-corrected chi connectivity index (χ0v) is 13.2. The van der Waals surface area contributed by atoms with Crippen LogP contribution in [-0.4, -0.2) is 24.9 Å². The maximum Gasteiger partial charge on any atom is 0.268 e. The Morgan fingerprint density at radius 1 is 1.35 bits per heavy atom. The molecule has 0 saturated carbocycles. The van der Waals surface area contributed by atoms with E-state index < -0.39 is 10.0 Å². The molecular formula is C13H23N3O3S. The van der Waals surface area contributed by atoms with Crippen molar-refractivity contribution >= 4 is 15.9 Å². The van der Waals surface area contributed by atoms with Crippen LogP contribution in [0.4, 0.5) is 0 Å². The van der Waals surface area contributed by atoms with E-state index >= 15 is 0 Å². The Morgan fingerprint density at radius 3 is 2.30 bits per heavy atom. The van der Waals surface area contributed by atoms with Crippen molar-refractivity contribution in [3.05, 3.63) is 18.0 Å². The van der Waals surface area contributed by atoms with Crippen molar-refractivity contribution in [1.82, 2.24) is 9.88 Å². The van der Waals surface area contributed by atoms with Gasteiger partial charge < -0.3 is 9.88 Å². The van der Waals surface area contributed by atoms with Crippen molar-refractivity contribution in [3.63, 3.8) is 0 Å². The van der Waals surface area contributed by atoms with E-state index in [1.807, 2.05) is 27.7 Å². The monoisotopic (exact) mass is 301 g/mol. The molecule has 0 aliphatic heterocycles. The fraction of sp³-hybridized carbons (Fsp3) is 0.615. The molecule has 7 heteroatoms. The van der Waals surface area contributed by atoms with Gasteiger partial charge in [0, 0.05) is 18.3 Å². The summed E-state index contributed by atoms with van der Waals surface area (Å²) in [5, 5.41) is 8.02. The lowest BCUT2D eigenvalue weighted by Gasteiger charge is -2.17. The molecule has 0 aliphatic carbocycles. The van der Waals surface area contributed by atoms with Crippen LogP contribution in [0.25, 0.3) is 0 Å². The number of carbonyl (C=O) groups excluding carboxylic acids is 1. The highest BCUT2D eigenvalue weighted by molar-refractivity contribution is 7.89. The van der Waals surface area contributed by atoms with Crippen molar-refractivity contribution in [2.24, 2.45) is 5.14 Å². The third kappa shape index (κ3) is 3.83. The summed E-state index contributed by atoms with van der Waals surface area (Å²) < 4.78 is 24.4. The average molecular weight is 301 g/mol. The summed E-state index contributed by atoms with van der Waals surface area (Å²) in [6, 6.07) is 1.37. The molecule has 20 heavy (non-hydrogen) atoms. The van der Waals surface area contributed by atoms with Gasteiger partial charge in [0.2, 0.25) is 10.0 Å². The minimum atomic E-state index is -3.81. The van der Waals surface area contributed by atoms with Gasteiger partial charge in [-0.2, -0.15) is 0 Å². The Kier molecular flexibility index (Phi) is 5.35. The first-order chi connectivity index (χ1) is 9.20. The number of amides is 1. The quantitative estimate of drug-likeness (QED) is 0.836. The summed E-state index contributed by atoms with van der Waals surface area (Å²) in [6.45, 7) is 7.74. The van der Waals surface area contributed by atoms with Crippen LogP contribution in [0.15, 0.2) is 17.2 Å². The molecule has 3 N–H and O–H groups in total. The van der Waals surface area contributed by atoms with E-state index in [1.165, 1.54) is 12.3 Å². The van der Waals surface area contributed by atoms with E-state index in [0.717, 1.165) is 12.8 Å². The van der Waals surface area contributed by atoms with Crippen molar-refractivity contribution in [2.75, 3.05) is 0 Å². The van der Waals surface area contributed by atoms with Crippen molar-refractivity contribution in [2.45, 2.75) is 57.5 Å². The molecule has 0 fully saturated rings. The summed E-state index contributed by atoms with van der Waals surface area (Å²) in [5.41, 5.74) is 0.316. The molecule has 1 amide bonds. The summed E-state index contributed by atoms with van der Waals surface area (Å²) in [5.74, 6) is -0.276. The number of aromatic nitrogens is 1. The minimum absolute atomic E-state index is 0.0343. The van der Waals surface area contributed by atoms with Gasteiger partial charge in [0.25, 0.3) is 5.91 Å². The smallest absolute Gasteiger partial charge is 0.268 e. The van der Waals surface area contributed by atoms with E-state index in [0.29, 0.717) is 5.69 Å². The van der Waals surface area contributed by atoms with Gasteiger partial charge in [0.15, 0.2) is 0 Å². The van der Waals surface area contributed by atoms with Crippen LogP contribution >= 0.6 is 0 Å². The maximum atomic E-state index is 12.3. The van der Waals surface area contributed by atoms with Gasteiger partial charge >= 0.3 is 0 Å². The van der Waals surface area contributed by atoms with E-state index in [9.17, 15) is 13.2 Å². The van der Waals surface area contributed by atoms with Gasteiger partial charge in [-0.15, -0.1) is 0 Å². The number of hydrogen-bond acceptors (Lipinski definition) is 3. The molecule has 0 atom stereocenters. The Balaban J connectivity index is 3.16. The summed E-state index contributed by atoms with van der Waals surface area (Å²) in [7, 11) is -3.81. The van der Waals surface area contributed by atoms with Gasteiger partial charge in [-0.1, -0.05) is 13.8 Å². The Hall–Kier alpha value is -1.34. The Morgan fingerprint density at radius 2 is 1.90 bits per heavy atom. The predicted molar refractivity (Wildman–Crippen MR) is 78.0 cm³/mol. The zero-order chi connectivity index (χ0) is 15.5. The normalized spacial score (nSPS) is 12.2. The number of carbonyl (C=O) groups is 1. The molecule has 1 rings (SSSR count). The van der Waals surface area contributed by atoms with Gasteiger partial charge in [-0.3, -0.25) is 4.79 Å². The number of nitrogens with zero attached hydrogens (tertiary/aromatic N) is 1. The van der Waals surface area contributed by atoms with Crippen molar-refractivity contribution in [3.8, 4) is 0 Å². The molecular weight excluding hydrogens is 278 g/mol. The minimum Gasteiger partial charge on any atom is -0.348 e. The number of hydrogen-bond donors (Lipinski definition) is 2. The number of rotatable bonds is 6. The number of nitrogens with one attached hydrogen (secondary N) is 1. The summed E-state index contributed by atoms with van der Waals surface area (Å²) in [4.78, 5) is 12.2. The average Bonchev–Trinajstić information content (AvgIpc) is 2.80. The van der Waals surface area contributed by atoms with E-state index in [-0.39, 0.29) is 22.9 Å². The van der Waals surface area contributed by atoms with Crippen molar-refractivity contribution < 1.29 is 13.2 Å². The largest absolute Gasteiger partial charge is 0.348 e. The summed E-state index contributed by atoms with van der Waals surface area (Å²) >= 11 is 0. The topological polar surface area (TPSA) is 94.2 Å². The van der Waals surface area contributed by atoms with Crippen molar-refractivity contribution in [1.29, 1.82) is 0 Å². The number of primary sulfonamides is 1. The molecule has 0 saturated heterocycles. The first-order valence-corrected chi connectivity index (χ1v) is 8.30. The van der Waals surface area contributed by atoms with E-state index in [1.54, 1.807) is 4.57 Å². The first kappa shape index (κ1) is 16.7. The van der Waals surface area contributed by atoms with E-state index in [2.05, 4.69) is 5.32 Å². The van der Waals surface area contributed by atoms with Gasteiger partial charge in [-0.25, -0.2) is 13.6 Å². The van der Waals surface area contributed by atoms with E-state index in [4.69, 9.17) is 5.14 Å². The number of nitrogens with two attached hydrogens (primary N) is 1. The summed E-state index contributed by atoms with van der Waals surface area (Å²) in [6.07, 6.45) is 3.06. The second-order valence-corrected chi connectivity index (χ2v) is 6.66. The fourth-order valence-electron chi connectivity index (χ4n) is 1.97. The molecule has 0 radical (unpaired) electrons. The lowest BCUT2D eigenvalue weighted by molar-refractivity contribution is 0.0924. The molecule has 0 aromatic carbocycles. The number of sulfonamides is 1. The Bertz CT molecular complexity index is 572. The van der Waals surface area contributed by atoms with Gasteiger partial charge in [0.05, 0.1) is 0 Å². The second kappa shape index (κ2) is 6.41. The van der Waals surface area contributed by atoms with Gasteiger partial charge in [0.1, 0.15) is 10.6 Å². The van der Waals surface area contributed by atoms with Crippen LogP contribution in [0, 0.1) is 0 Å². The Labute approximate surface area is 120 Å². The van der Waals surface area contributed by atoms with Crippen LogP contribution < -0.4 is 10.5 Å². The molecule has 1 heterocycles.